The van der Waals surface area contributed by atoms with Crippen LogP contribution in [0.25, 0.3) is 0 Å². The van der Waals surface area contributed by atoms with Gasteiger partial charge in [-0.15, -0.1) is 11.3 Å². The van der Waals surface area contributed by atoms with Crippen molar-refractivity contribution in [3.63, 3.8) is 0 Å². The third-order valence-electron chi connectivity index (χ3n) is 4.20. The number of thiazole rings is 1. The van der Waals surface area contributed by atoms with E-state index in [9.17, 15) is 9.59 Å². The molecule has 2 aromatic carbocycles. The van der Waals surface area contributed by atoms with Crippen molar-refractivity contribution in [3.8, 4) is 5.75 Å². The Kier molecular flexibility index (Phi) is 6.51. The van der Waals surface area contributed by atoms with E-state index in [1.54, 1.807) is 56.4 Å². The Morgan fingerprint density at radius 2 is 1.83 bits per heavy atom. The van der Waals surface area contributed by atoms with Crippen LogP contribution in [-0.2, 0) is 6.61 Å². The van der Waals surface area contributed by atoms with E-state index in [1.807, 2.05) is 6.92 Å². The molecule has 1 heterocycles. The number of halogens is 1. The highest BCUT2D eigenvalue weighted by Crippen LogP contribution is 2.24. The number of amides is 2. The minimum absolute atomic E-state index is 0.212. The Morgan fingerprint density at radius 3 is 2.52 bits per heavy atom. The van der Waals surface area contributed by atoms with Crippen molar-refractivity contribution in [2.45, 2.75) is 20.5 Å². The van der Waals surface area contributed by atoms with E-state index in [-0.39, 0.29) is 18.4 Å². The molecule has 3 rings (SSSR count). The number of carbonyl (C=O) groups excluding carboxylic acids is 2. The number of benzene rings is 2. The maximum Gasteiger partial charge on any atom is 0.267 e. The second-order valence-electron chi connectivity index (χ2n) is 6.33. The number of hydrogen-bond acceptors (Lipinski definition) is 5. The molecule has 29 heavy (non-hydrogen) atoms. The summed E-state index contributed by atoms with van der Waals surface area (Å²) in [6.07, 6.45) is 0. The van der Waals surface area contributed by atoms with E-state index in [4.69, 9.17) is 16.3 Å². The van der Waals surface area contributed by atoms with Crippen LogP contribution in [0.15, 0.2) is 42.5 Å². The zero-order valence-corrected chi connectivity index (χ0v) is 17.8. The van der Waals surface area contributed by atoms with Crippen LogP contribution in [0.5, 0.6) is 5.75 Å². The molecule has 8 heteroatoms. The van der Waals surface area contributed by atoms with Crippen molar-refractivity contribution in [2.24, 2.45) is 0 Å². The lowest BCUT2D eigenvalue weighted by Gasteiger charge is -2.09. The molecule has 0 radical (unpaired) electrons. The van der Waals surface area contributed by atoms with E-state index >= 15 is 0 Å². The zero-order valence-electron chi connectivity index (χ0n) is 16.2. The van der Waals surface area contributed by atoms with Crippen LogP contribution in [0.4, 0.5) is 5.69 Å². The number of ether oxygens (including phenoxy) is 1. The molecule has 0 aliphatic heterocycles. The van der Waals surface area contributed by atoms with Gasteiger partial charge in [0, 0.05) is 23.3 Å². The molecular formula is C21H20ClN3O3S. The standard InChI is InChI=1S/C21H20ClN3O3S/c1-12-4-5-14(20(26)23-3)10-17(12)25-21(27)19-13(2)24-18(29-19)11-28-16-8-6-15(22)7-9-16/h4-10H,11H2,1-3H3,(H,23,26)(H,25,27). The van der Waals surface area contributed by atoms with Crippen LogP contribution in [0.3, 0.4) is 0 Å². The minimum atomic E-state index is -0.269. The van der Waals surface area contributed by atoms with Crippen LogP contribution in [-0.4, -0.2) is 23.8 Å². The van der Waals surface area contributed by atoms with Crippen molar-refractivity contribution in [1.29, 1.82) is 0 Å². The predicted molar refractivity (Wildman–Crippen MR) is 115 cm³/mol. The van der Waals surface area contributed by atoms with Crippen LogP contribution in [0.2, 0.25) is 5.02 Å². The molecule has 0 saturated carbocycles. The Labute approximate surface area is 177 Å². The molecule has 0 unspecified atom stereocenters. The summed E-state index contributed by atoms with van der Waals surface area (Å²) in [5.74, 6) is 0.195. The van der Waals surface area contributed by atoms with Gasteiger partial charge in [-0.3, -0.25) is 9.59 Å². The summed E-state index contributed by atoms with van der Waals surface area (Å²) in [4.78, 5) is 29.5. The second-order valence-corrected chi connectivity index (χ2v) is 7.85. The number of nitrogens with zero attached hydrogens (tertiary/aromatic N) is 1. The summed E-state index contributed by atoms with van der Waals surface area (Å²) in [5.41, 5.74) is 2.55. The Hall–Kier alpha value is -2.90. The quantitative estimate of drug-likeness (QED) is 0.599. The number of carbonyl (C=O) groups is 2. The molecule has 3 aromatic rings. The van der Waals surface area contributed by atoms with Gasteiger partial charge in [-0.25, -0.2) is 4.98 Å². The van der Waals surface area contributed by atoms with Crippen molar-refractivity contribution in [2.75, 3.05) is 12.4 Å². The van der Waals surface area contributed by atoms with E-state index in [2.05, 4.69) is 15.6 Å². The summed E-state index contributed by atoms with van der Waals surface area (Å²) in [6.45, 7) is 3.91. The van der Waals surface area contributed by atoms with Crippen LogP contribution < -0.4 is 15.4 Å². The van der Waals surface area contributed by atoms with Gasteiger partial charge < -0.3 is 15.4 Å². The SMILES string of the molecule is CNC(=O)c1ccc(C)c(NC(=O)c2sc(COc3ccc(Cl)cc3)nc2C)c1. The average molecular weight is 430 g/mol. The highest BCUT2D eigenvalue weighted by Gasteiger charge is 2.17. The van der Waals surface area contributed by atoms with Gasteiger partial charge in [0.25, 0.3) is 11.8 Å². The van der Waals surface area contributed by atoms with Gasteiger partial charge in [0.15, 0.2) is 0 Å². The van der Waals surface area contributed by atoms with E-state index in [1.165, 1.54) is 11.3 Å². The molecule has 0 spiro atoms. The molecule has 6 nitrogen and oxygen atoms in total. The number of anilines is 1. The predicted octanol–water partition coefficient (Wildman–Crippen LogP) is 4.60. The van der Waals surface area contributed by atoms with Gasteiger partial charge in [0.1, 0.15) is 22.2 Å². The van der Waals surface area contributed by atoms with Crippen molar-refractivity contribution < 1.29 is 14.3 Å². The monoisotopic (exact) mass is 429 g/mol. The third kappa shape index (κ3) is 5.13. The first-order valence-electron chi connectivity index (χ1n) is 8.86. The smallest absolute Gasteiger partial charge is 0.267 e. The third-order valence-corrected chi connectivity index (χ3v) is 5.58. The fraction of sp³-hybridized carbons (Fsp3) is 0.190. The largest absolute Gasteiger partial charge is 0.486 e. The van der Waals surface area contributed by atoms with Crippen molar-refractivity contribution in [3.05, 3.63) is 74.2 Å². The molecule has 150 valence electrons. The summed E-state index contributed by atoms with van der Waals surface area (Å²) >= 11 is 7.14. The topological polar surface area (TPSA) is 80.3 Å². The molecule has 2 amide bonds. The molecule has 0 bridgehead atoms. The average Bonchev–Trinajstić information content (AvgIpc) is 3.09. The maximum atomic E-state index is 12.8. The fourth-order valence-electron chi connectivity index (χ4n) is 2.62. The van der Waals surface area contributed by atoms with Crippen molar-refractivity contribution >= 4 is 40.4 Å². The summed E-state index contributed by atoms with van der Waals surface area (Å²) < 4.78 is 5.70. The van der Waals surface area contributed by atoms with Gasteiger partial charge in [0.2, 0.25) is 0 Å². The zero-order chi connectivity index (χ0) is 21.0. The maximum absolute atomic E-state index is 12.8. The molecule has 2 N–H and O–H groups in total. The first-order chi connectivity index (χ1) is 13.9. The first kappa shape index (κ1) is 20.8. The van der Waals surface area contributed by atoms with Crippen LogP contribution in [0.1, 0.15) is 36.3 Å². The number of aryl methyl sites for hydroxylation is 2. The molecular weight excluding hydrogens is 410 g/mol. The molecule has 1 aromatic heterocycles. The van der Waals surface area contributed by atoms with Gasteiger partial charge in [-0.05, 0) is 55.8 Å². The number of nitrogens with one attached hydrogen (secondary N) is 2. The highest BCUT2D eigenvalue weighted by molar-refractivity contribution is 7.13. The van der Waals surface area contributed by atoms with Gasteiger partial charge >= 0.3 is 0 Å². The summed E-state index contributed by atoms with van der Waals surface area (Å²) in [6, 6.07) is 12.2. The Balaban J connectivity index is 1.71. The molecule has 0 fully saturated rings. The number of aromatic nitrogens is 1. The molecule has 0 aliphatic rings. The minimum Gasteiger partial charge on any atom is -0.486 e. The first-order valence-corrected chi connectivity index (χ1v) is 10.1. The van der Waals surface area contributed by atoms with E-state index < -0.39 is 0 Å². The number of rotatable bonds is 6. The van der Waals surface area contributed by atoms with E-state index in [0.717, 1.165) is 5.56 Å². The number of hydrogen-bond donors (Lipinski definition) is 2. The van der Waals surface area contributed by atoms with E-state index in [0.29, 0.717) is 37.6 Å². The van der Waals surface area contributed by atoms with Gasteiger partial charge in [-0.1, -0.05) is 17.7 Å². The van der Waals surface area contributed by atoms with Crippen molar-refractivity contribution in [1.82, 2.24) is 10.3 Å². The molecule has 0 saturated heterocycles. The lowest BCUT2D eigenvalue weighted by Crippen LogP contribution is -2.19. The molecule has 0 atom stereocenters. The lowest BCUT2D eigenvalue weighted by atomic mass is 10.1. The Morgan fingerprint density at radius 1 is 1.10 bits per heavy atom. The summed E-state index contributed by atoms with van der Waals surface area (Å²) in [5, 5.41) is 6.78. The lowest BCUT2D eigenvalue weighted by molar-refractivity contribution is 0.0961. The molecule has 0 aliphatic carbocycles. The fourth-order valence-corrected chi connectivity index (χ4v) is 3.62. The highest BCUT2D eigenvalue weighted by atomic mass is 35.5. The van der Waals surface area contributed by atoms with Gasteiger partial charge in [0.05, 0.1) is 5.69 Å². The van der Waals surface area contributed by atoms with Crippen LogP contribution >= 0.6 is 22.9 Å². The van der Waals surface area contributed by atoms with Gasteiger partial charge in [-0.2, -0.15) is 0 Å². The summed E-state index contributed by atoms with van der Waals surface area (Å²) in [7, 11) is 1.56. The Bertz CT molecular complexity index is 1050. The van der Waals surface area contributed by atoms with Crippen LogP contribution in [0, 0.1) is 13.8 Å². The second kappa shape index (κ2) is 9.07. The normalized spacial score (nSPS) is 10.5.